The first-order chi connectivity index (χ1) is 14.8. The van der Waals surface area contributed by atoms with Gasteiger partial charge < -0.3 is 0 Å². The first-order valence-electron chi connectivity index (χ1n) is 12.9. The number of hydrogen-bond acceptors (Lipinski definition) is 1. The fourth-order valence-corrected chi connectivity index (χ4v) is 5.90. The first kappa shape index (κ1) is 21.6. The summed E-state index contributed by atoms with van der Waals surface area (Å²) in [6.45, 7) is 4.62. The molecule has 162 valence electrons. The van der Waals surface area contributed by atoms with E-state index in [9.17, 15) is 0 Å². The van der Waals surface area contributed by atoms with Crippen molar-refractivity contribution in [1.29, 1.82) is 0 Å². The highest BCUT2D eigenvalue weighted by molar-refractivity contribution is 5.60. The predicted molar refractivity (Wildman–Crippen MR) is 129 cm³/mol. The van der Waals surface area contributed by atoms with Crippen LogP contribution in [-0.4, -0.2) is 4.98 Å². The highest BCUT2D eigenvalue weighted by atomic mass is 14.7. The quantitative estimate of drug-likeness (QED) is 0.402. The van der Waals surface area contributed by atoms with E-state index in [1.54, 1.807) is 5.56 Å². The lowest BCUT2D eigenvalue weighted by molar-refractivity contribution is 0.308. The minimum Gasteiger partial charge on any atom is -0.253 e. The van der Waals surface area contributed by atoms with Crippen LogP contribution in [0.2, 0.25) is 0 Å². The van der Waals surface area contributed by atoms with E-state index in [0.29, 0.717) is 0 Å². The zero-order chi connectivity index (χ0) is 20.8. The van der Waals surface area contributed by atoms with Crippen LogP contribution in [0.3, 0.4) is 0 Å². The highest BCUT2D eigenvalue weighted by Gasteiger charge is 2.22. The number of hydrogen-bond donors (Lipinski definition) is 0. The molecule has 1 atom stereocenters. The van der Waals surface area contributed by atoms with Gasteiger partial charge in [-0.1, -0.05) is 82.7 Å². The van der Waals surface area contributed by atoms with Gasteiger partial charge in [-0.25, -0.2) is 0 Å². The Labute approximate surface area is 184 Å². The number of unbranched alkanes of at least 4 members (excludes halogenated alkanes) is 2. The van der Waals surface area contributed by atoms with E-state index >= 15 is 0 Å². The molecule has 1 unspecified atom stereocenters. The molecule has 1 nitrogen and oxygen atoms in total. The molecule has 1 fully saturated rings. The molecule has 0 radical (unpaired) electrons. The number of fused-ring (bicyclic) bond motifs is 1. The van der Waals surface area contributed by atoms with Crippen LogP contribution in [-0.2, 0) is 12.8 Å². The van der Waals surface area contributed by atoms with Gasteiger partial charge in [-0.15, -0.1) is 0 Å². The second-order valence-electron chi connectivity index (χ2n) is 10.0. The monoisotopic (exact) mass is 403 g/mol. The Balaban J connectivity index is 1.37. The van der Waals surface area contributed by atoms with Crippen molar-refractivity contribution in [1.82, 2.24) is 4.98 Å². The minimum atomic E-state index is 0.772. The SMILES string of the molecule is CCCCCC1CCc2nc(-c3ccc(C4CCC(CCC)CC4)cc3)ccc2C1. The molecule has 0 saturated heterocycles. The summed E-state index contributed by atoms with van der Waals surface area (Å²) in [5.74, 6) is 2.63. The molecular weight excluding hydrogens is 362 g/mol. The lowest BCUT2D eigenvalue weighted by atomic mass is 9.77. The van der Waals surface area contributed by atoms with E-state index in [2.05, 4.69) is 50.2 Å². The molecule has 1 aromatic heterocycles. The maximum atomic E-state index is 5.09. The van der Waals surface area contributed by atoms with E-state index in [1.807, 2.05) is 0 Å². The predicted octanol–water partition coefficient (Wildman–Crippen LogP) is 8.51. The Morgan fingerprint density at radius 3 is 2.30 bits per heavy atom. The summed E-state index contributed by atoms with van der Waals surface area (Å²) < 4.78 is 0. The summed E-state index contributed by atoms with van der Waals surface area (Å²) in [5.41, 5.74) is 6.86. The Morgan fingerprint density at radius 2 is 1.57 bits per heavy atom. The molecule has 1 aromatic carbocycles. The van der Waals surface area contributed by atoms with Gasteiger partial charge in [-0.05, 0) is 79.9 Å². The molecule has 4 rings (SSSR count). The van der Waals surface area contributed by atoms with Gasteiger partial charge in [-0.2, -0.15) is 0 Å². The summed E-state index contributed by atoms with van der Waals surface area (Å²) in [4.78, 5) is 5.09. The summed E-state index contributed by atoms with van der Waals surface area (Å²) >= 11 is 0. The van der Waals surface area contributed by atoms with Gasteiger partial charge in [0.05, 0.1) is 5.69 Å². The fourth-order valence-electron chi connectivity index (χ4n) is 5.90. The van der Waals surface area contributed by atoms with Gasteiger partial charge in [0.15, 0.2) is 0 Å². The van der Waals surface area contributed by atoms with Crippen molar-refractivity contribution in [2.75, 3.05) is 0 Å². The third kappa shape index (κ3) is 5.34. The molecule has 30 heavy (non-hydrogen) atoms. The van der Waals surface area contributed by atoms with E-state index in [4.69, 9.17) is 4.98 Å². The van der Waals surface area contributed by atoms with Crippen molar-refractivity contribution in [3.05, 3.63) is 53.2 Å². The summed E-state index contributed by atoms with van der Waals surface area (Å²) in [6, 6.07) is 14.0. The highest BCUT2D eigenvalue weighted by Crippen LogP contribution is 2.38. The fraction of sp³-hybridized carbons (Fsp3) is 0.621. The molecule has 1 heterocycles. The number of pyridine rings is 1. The molecule has 1 heteroatoms. The van der Waals surface area contributed by atoms with Crippen molar-refractivity contribution < 1.29 is 0 Å². The molecule has 0 amide bonds. The van der Waals surface area contributed by atoms with Crippen molar-refractivity contribution in [2.24, 2.45) is 11.8 Å². The largest absolute Gasteiger partial charge is 0.253 e. The number of aryl methyl sites for hydroxylation is 1. The molecule has 0 bridgehead atoms. The second kappa shape index (κ2) is 10.6. The van der Waals surface area contributed by atoms with Gasteiger partial charge in [0, 0.05) is 11.3 Å². The van der Waals surface area contributed by atoms with Crippen LogP contribution in [0, 0.1) is 11.8 Å². The third-order valence-corrected chi connectivity index (χ3v) is 7.80. The molecule has 1 saturated carbocycles. The maximum Gasteiger partial charge on any atom is 0.0705 e. The summed E-state index contributed by atoms with van der Waals surface area (Å²) in [6.07, 6.45) is 17.6. The Hall–Kier alpha value is -1.63. The van der Waals surface area contributed by atoms with Gasteiger partial charge in [0.1, 0.15) is 0 Å². The van der Waals surface area contributed by atoms with Crippen LogP contribution < -0.4 is 0 Å². The minimum absolute atomic E-state index is 0.772. The molecule has 0 spiro atoms. The summed E-state index contributed by atoms with van der Waals surface area (Å²) in [7, 11) is 0. The number of nitrogens with zero attached hydrogens (tertiary/aromatic N) is 1. The molecule has 0 aliphatic heterocycles. The average Bonchev–Trinajstić information content (AvgIpc) is 2.80. The van der Waals surface area contributed by atoms with E-state index in [1.165, 1.54) is 100 Å². The smallest absolute Gasteiger partial charge is 0.0705 e. The molecule has 2 aromatic rings. The summed E-state index contributed by atoms with van der Waals surface area (Å²) in [5, 5.41) is 0. The Kier molecular flexibility index (Phi) is 7.63. The average molecular weight is 404 g/mol. The molecule has 2 aliphatic carbocycles. The zero-order valence-electron chi connectivity index (χ0n) is 19.3. The van der Waals surface area contributed by atoms with Crippen LogP contribution in [0.1, 0.15) is 107 Å². The third-order valence-electron chi connectivity index (χ3n) is 7.80. The van der Waals surface area contributed by atoms with Crippen molar-refractivity contribution in [2.45, 2.75) is 103 Å². The number of benzene rings is 1. The van der Waals surface area contributed by atoms with Gasteiger partial charge in [-0.3, -0.25) is 4.98 Å². The van der Waals surface area contributed by atoms with E-state index in [-0.39, 0.29) is 0 Å². The Bertz CT molecular complexity index is 783. The normalized spacial score (nSPS) is 23.9. The van der Waals surface area contributed by atoms with Crippen LogP contribution in [0.5, 0.6) is 0 Å². The lowest BCUT2D eigenvalue weighted by Crippen LogP contribution is -2.15. The van der Waals surface area contributed by atoms with Crippen molar-refractivity contribution >= 4 is 0 Å². The number of aromatic nitrogens is 1. The topological polar surface area (TPSA) is 12.9 Å². The first-order valence-corrected chi connectivity index (χ1v) is 12.9. The van der Waals surface area contributed by atoms with Crippen LogP contribution in [0.15, 0.2) is 36.4 Å². The molecule has 2 aliphatic rings. The van der Waals surface area contributed by atoms with E-state index in [0.717, 1.165) is 23.4 Å². The standard InChI is InChI=1S/C29H41N/c1-3-5-6-8-23-11-19-29-27(21-23)18-20-28(30-29)26-16-14-25(15-17-26)24-12-9-22(7-4-2)10-13-24/h14-18,20,22-24H,3-13,19,21H2,1-2H3. The second-order valence-corrected chi connectivity index (χ2v) is 10.0. The molecular formula is C29H41N. The van der Waals surface area contributed by atoms with Crippen molar-refractivity contribution in [3.63, 3.8) is 0 Å². The van der Waals surface area contributed by atoms with Crippen LogP contribution >= 0.6 is 0 Å². The van der Waals surface area contributed by atoms with Gasteiger partial charge in [0.2, 0.25) is 0 Å². The zero-order valence-corrected chi connectivity index (χ0v) is 19.3. The van der Waals surface area contributed by atoms with Crippen LogP contribution in [0.25, 0.3) is 11.3 Å². The maximum absolute atomic E-state index is 5.09. The van der Waals surface area contributed by atoms with Gasteiger partial charge in [0.25, 0.3) is 0 Å². The van der Waals surface area contributed by atoms with Crippen LogP contribution in [0.4, 0.5) is 0 Å². The van der Waals surface area contributed by atoms with E-state index < -0.39 is 0 Å². The Morgan fingerprint density at radius 1 is 0.767 bits per heavy atom. The lowest BCUT2D eigenvalue weighted by Gasteiger charge is -2.28. The molecule has 0 N–H and O–H groups in total. The van der Waals surface area contributed by atoms with Crippen molar-refractivity contribution in [3.8, 4) is 11.3 Å². The number of rotatable bonds is 8. The van der Waals surface area contributed by atoms with Gasteiger partial charge >= 0.3 is 0 Å².